The minimum absolute atomic E-state index is 0.891. The van der Waals surface area contributed by atoms with Crippen molar-refractivity contribution in [3.05, 3.63) is 65.5 Å². The Hall–Kier alpha value is -2.40. The molecule has 3 rings (SSSR count). The number of hydrogen-bond acceptors (Lipinski definition) is 3. The zero-order valence-electron chi connectivity index (χ0n) is 15.9. The molecule has 0 amide bonds. The molecular formula is C21H29N5. The van der Waals surface area contributed by atoms with E-state index in [2.05, 4.69) is 68.4 Å². The third-order valence-corrected chi connectivity index (χ3v) is 4.95. The Balaban J connectivity index is 1.44. The number of aliphatic imine (C=N–C) groups is 1. The highest BCUT2D eigenvalue weighted by Gasteiger charge is 2.19. The molecule has 1 fully saturated rings. The van der Waals surface area contributed by atoms with Crippen molar-refractivity contribution in [1.82, 2.24) is 20.1 Å². The largest absolute Gasteiger partial charge is 0.356 e. The van der Waals surface area contributed by atoms with E-state index >= 15 is 0 Å². The number of nitrogens with zero attached hydrogens (tertiary/aromatic N) is 4. The number of aryl methyl sites for hydroxylation is 1. The van der Waals surface area contributed by atoms with Crippen LogP contribution in [0, 0.1) is 6.92 Å². The maximum absolute atomic E-state index is 4.47. The first kappa shape index (κ1) is 18.4. The Morgan fingerprint density at radius 1 is 1.12 bits per heavy atom. The van der Waals surface area contributed by atoms with Crippen molar-refractivity contribution in [3.8, 4) is 0 Å². The monoisotopic (exact) mass is 351 g/mol. The van der Waals surface area contributed by atoms with Crippen LogP contribution < -0.4 is 5.32 Å². The molecule has 1 saturated heterocycles. The van der Waals surface area contributed by atoms with Gasteiger partial charge in [0.05, 0.1) is 0 Å². The molecule has 1 aliphatic rings. The summed E-state index contributed by atoms with van der Waals surface area (Å²) in [5.41, 5.74) is 3.98. The fourth-order valence-corrected chi connectivity index (χ4v) is 3.38. The summed E-state index contributed by atoms with van der Waals surface area (Å²) in [7, 11) is 1.87. The first-order chi connectivity index (χ1) is 12.8. The lowest BCUT2D eigenvalue weighted by Gasteiger charge is -2.36. The zero-order valence-corrected chi connectivity index (χ0v) is 15.9. The summed E-state index contributed by atoms with van der Waals surface area (Å²) < 4.78 is 0. The normalized spacial score (nSPS) is 15.9. The second kappa shape index (κ2) is 9.34. The second-order valence-electron chi connectivity index (χ2n) is 6.77. The zero-order chi connectivity index (χ0) is 18.2. The summed E-state index contributed by atoms with van der Waals surface area (Å²) in [6.45, 7) is 8.20. The van der Waals surface area contributed by atoms with Crippen LogP contribution in [0.1, 0.15) is 16.7 Å². The highest BCUT2D eigenvalue weighted by atomic mass is 15.3. The lowest BCUT2D eigenvalue weighted by atomic mass is 10.1. The van der Waals surface area contributed by atoms with Crippen LogP contribution >= 0.6 is 0 Å². The molecule has 2 heterocycles. The van der Waals surface area contributed by atoms with E-state index in [4.69, 9.17) is 0 Å². The van der Waals surface area contributed by atoms with E-state index < -0.39 is 0 Å². The van der Waals surface area contributed by atoms with Crippen LogP contribution in [0.3, 0.4) is 0 Å². The quantitative estimate of drug-likeness (QED) is 0.663. The van der Waals surface area contributed by atoms with Gasteiger partial charge in [0.25, 0.3) is 0 Å². The smallest absolute Gasteiger partial charge is 0.193 e. The molecule has 138 valence electrons. The number of nitrogens with one attached hydrogen (secondary N) is 1. The molecule has 1 aromatic carbocycles. The summed E-state index contributed by atoms with van der Waals surface area (Å²) in [6.07, 6.45) is 4.78. The fourth-order valence-electron chi connectivity index (χ4n) is 3.38. The predicted octanol–water partition coefficient (Wildman–Crippen LogP) is 2.33. The molecule has 5 heteroatoms. The summed E-state index contributed by atoms with van der Waals surface area (Å²) >= 11 is 0. The van der Waals surface area contributed by atoms with Crippen LogP contribution in [0.2, 0.25) is 0 Å². The van der Waals surface area contributed by atoms with Crippen LogP contribution in [0.5, 0.6) is 0 Å². The van der Waals surface area contributed by atoms with Crippen LogP contribution in [0.15, 0.2) is 53.8 Å². The molecule has 1 aliphatic heterocycles. The van der Waals surface area contributed by atoms with Gasteiger partial charge < -0.3 is 10.2 Å². The van der Waals surface area contributed by atoms with E-state index in [1.807, 2.05) is 19.4 Å². The molecule has 1 N–H and O–H groups in total. The van der Waals surface area contributed by atoms with Gasteiger partial charge in [-0.3, -0.25) is 14.9 Å². The number of benzene rings is 1. The van der Waals surface area contributed by atoms with Gasteiger partial charge in [0, 0.05) is 58.7 Å². The molecule has 0 saturated carbocycles. The first-order valence-corrected chi connectivity index (χ1v) is 9.37. The first-order valence-electron chi connectivity index (χ1n) is 9.37. The summed E-state index contributed by atoms with van der Waals surface area (Å²) in [4.78, 5) is 13.5. The fraction of sp³-hybridized carbons (Fsp3) is 0.429. The average Bonchev–Trinajstić information content (AvgIpc) is 2.68. The van der Waals surface area contributed by atoms with Gasteiger partial charge in [0.15, 0.2) is 5.96 Å². The minimum Gasteiger partial charge on any atom is -0.356 e. The van der Waals surface area contributed by atoms with Gasteiger partial charge in [-0.1, -0.05) is 30.3 Å². The molecule has 5 nitrogen and oxygen atoms in total. The van der Waals surface area contributed by atoms with E-state index in [-0.39, 0.29) is 0 Å². The molecule has 0 atom stereocenters. The molecule has 0 bridgehead atoms. The van der Waals surface area contributed by atoms with E-state index in [1.54, 1.807) is 0 Å². The van der Waals surface area contributed by atoms with Crippen molar-refractivity contribution < 1.29 is 0 Å². The number of guanidine groups is 1. The maximum Gasteiger partial charge on any atom is 0.193 e. The van der Waals surface area contributed by atoms with Crippen molar-refractivity contribution in [2.45, 2.75) is 19.9 Å². The SMILES string of the molecule is CN=C(NCCc1ccncc1C)N1CCN(Cc2ccccc2)CC1. The molecular weight excluding hydrogens is 322 g/mol. The molecule has 0 unspecified atom stereocenters. The topological polar surface area (TPSA) is 43.8 Å². The Labute approximate surface area is 156 Å². The lowest BCUT2D eigenvalue weighted by Crippen LogP contribution is -2.52. The van der Waals surface area contributed by atoms with Gasteiger partial charge in [0.1, 0.15) is 0 Å². The summed E-state index contributed by atoms with van der Waals surface area (Å²) in [5, 5.41) is 3.52. The van der Waals surface area contributed by atoms with Gasteiger partial charge in [-0.25, -0.2) is 0 Å². The average molecular weight is 351 g/mol. The Bertz CT molecular complexity index is 705. The standard InChI is InChI=1S/C21H29N5/c1-18-16-23-10-8-20(18)9-11-24-21(22-2)26-14-12-25(13-15-26)17-19-6-4-3-5-7-19/h3-8,10,16H,9,11-15,17H2,1-2H3,(H,22,24). The molecule has 0 spiro atoms. The van der Waals surface area contributed by atoms with Gasteiger partial charge in [-0.15, -0.1) is 0 Å². The Morgan fingerprint density at radius 2 is 1.88 bits per heavy atom. The third-order valence-electron chi connectivity index (χ3n) is 4.95. The van der Waals surface area contributed by atoms with Crippen LogP contribution in [0.4, 0.5) is 0 Å². The van der Waals surface area contributed by atoms with Crippen LogP contribution in [-0.4, -0.2) is 60.5 Å². The highest BCUT2D eigenvalue weighted by molar-refractivity contribution is 5.80. The van der Waals surface area contributed by atoms with E-state index in [0.29, 0.717) is 0 Å². The number of aromatic nitrogens is 1. The number of hydrogen-bond donors (Lipinski definition) is 1. The maximum atomic E-state index is 4.47. The van der Waals surface area contributed by atoms with Crippen LogP contribution in [0.25, 0.3) is 0 Å². The summed E-state index contributed by atoms with van der Waals surface area (Å²) in [6, 6.07) is 12.8. The van der Waals surface area contributed by atoms with E-state index in [1.165, 1.54) is 16.7 Å². The molecule has 0 aliphatic carbocycles. The van der Waals surface area contributed by atoms with Crippen molar-refractivity contribution in [3.63, 3.8) is 0 Å². The van der Waals surface area contributed by atoms with Crippen molar-refractivity contribution in [2.24, 2.45) is 4.99 Å². The van der Waals surface area contributed by atoms with Crippen LogP contribution in [-0.2, 0) is 13.0 Å². The number of rotatable bonds is 5. The molecule has 0 radical (unpaired) electrons. The van der Waals surface area contributed by atoms with Gasteiger partial charge in [0.2, 0.25) is 0 Å². The second-order valence-corrected chi connectivity index (χ2v) is 6.77. The van der Waals surface area contributed by atoms with Gasteiger partial charge in [-0.05, 0) is 36.1 Å². The molecule has 2 aromatic rings. The Kier molecular flexibility index (Phi) is 6.61. The number of piperazine rings is 1. The van der Waals surface area contributed by atoms with Crippen molar-refractivity contribution in [2.75, 3.05) is 39.8 Å². The van der Waals surface area contributed by atoms with E-state index in [0.717, 1.165) is 51.6 Å². The molecule has 26 heavy (non-hydrogen) atoms. The highest BCUT2D eigenvalue weighted by Crippen LogP contribution is 2.09. The van der Waals surface area contributed by atoms with Gasteiger partial charge in [-0.2, -0.15) is 0 Å². The third kappa shape index (κ3) is 5.05. The Morgan fingerprint density at radius 3 is 2.58 bits per heavy atom. The number of pyridine rings is 1. The van der Waals surface area contributed by atoms with E-state index in [9.17, 15) is 0 Å². The summed E-state index contributed by atoms with van der Waals surface area (Å²) in [5.74, 6) is 1.01. The van der Waals surface area contributed by atoms with Crippen molar-refractivity contribution in [1.29, 1.82) is 0 Å². The van der Waals surface area contributed by atoms with Crippen molar-refractivity contribution >= 4 is 5.96 Å². The predicted molar refractivity (Wildman–Crippen MR) is 107 cm³/mol. The minimum atomic E-state index is 0.891. The lowest BCUT2D eigenvalue weighted by molar-refractivity contribution is 0.172. The molecule has 1 aromatic heterocycles. The van der Waals surface area contributed by atoms with Gasteiger partial charge >= 0.3 is 0 Å².